The fraction of sp³-hybridized carbons (Fsp3) is 0.583. The van der Waals surface area contributed by atoms with Crippen LogP contribution in [0, 0.1) is 0 Å². The second kappa shape index (κ2) is 6.06. The molecule has 1 heterocycles. The zero-order valence-corrected chi connectivity index (χ0v) is 12.2. The summed E-state index contributed by atoms with van der Waals surface area (Å²) < 4.78 is 6.02. The first-order valence-electron chi connectivity index (χ1n) is 5.90. The number of rotatable bonds is 5. The van der Waals surface area contributed by atoms with Gasteiger partial charge in [0.2, 0.25) is 11.7 Å². The number of amides is 1. The van der Waals surface area contributed by atoms with E-state index in [2.05, 4.69) is 10.3 Å². The van der Waals surface area contributed by atoms with Gasteiger partial charge in [0, 0.05) is 5.54 Å². The summed E-state index contributed by atoms with van der Waals surface area (Å²) in [6, 6.07) is 0. The van der Waals surface area contributed by atoms with Crippen molar-refractivity contribution in [3.63, 3.8) is 0 Å². The third-order valence-electron chi connectivity index (χ3n) is 2.83. The Hall–Kier alpha value is -1.56. The number of ether oxygens (including phenoxy) is 1. The van der Waals surface area contributed by atoms with E-state index in [-0.39, 0.29) is 28.9 Å². The Morgan fingerprint density at radius 1 is 1.58 bits per heavy atom. The highest BCUT2D eigenvalue weighted by Crippen LogP contribution is 2.14. The van der Waals surface area contributed by atoms with Crippen LogP contribution in [0.1, 0.15) is 27.2 Å². The summed E-state index contributed by atoms with van der Waals surface area (Å²) in [6.07, 6.45) is 2.02. The molecule has 1 aromatic rings. The van der Waals surface area contributed by atoms with Crippen LogP contribution in [0.3, 0.4) is 0 Å². The van der Waals surface area contributed by atoms with Gasteiger partial charge in [0.05, 0.1) is 13.4 Å². The van der Waals surface area contributed by atoms with E-state index in [0.717, 1.165) is 11.0 Å². The summed E-state index contributed by atoms with van der Waals surface area (Å²) in [5.41, 5.74) is -0.795. The van der Waals surface area contributed by atoms with Crippen molar-refractivity contribution in [2.75, 3.05) is 7.11 Å². The van der Waals surface area contributed by atoms with Crippen LogP contribution in [-0.4, -0.2) is 28.1 Å². The first kappa shape index (κ1) is 15.5. The molecule has 6 nitrogen and oxygen atoms in total. The van der Waals surface area contributed by atoms with Gasteiger partial charge in [-0.1, -0.05) is 18.5 Å². The maximum absolute atomic E-state index is 11.9. The van der Waals surface area contributed by atoms with Gasteiger partial charge in [0.25, 0.3) is 5.56 Å². The minimum absolute atomic E-state index is 0.0157. The molecule has 0 fully saturated rings. The first-order valence-corrected chi connectivity index (χ1v) is 6.28. The number of nitrogens with one attached hydrogen (secondary N) is 1. The smallest absolute Gasteiger partial charge is 0.297 e. The molecular formula is C12H18ClN3O3. The lowest BCUT2D eigenvalue weighted by Gasteiger charge is -2.24. The highest BCUT2D eigenvalue weighted by atomic mass is 35.5. The molecule has 7 heteroatoms. The van der Waals surface area contributed by atoms with Crippen LogP contribution in [0.4, 0.5) is 0 Å². The molecule has 0 saturated heterocycles. The number of carbonyl (C=O) groups excluding carboxylic acids is 1. The molecule has 1 aromatic heterocycles. The van der Waals surface area contributed by atoms with Crippen LogP contribution in [0.5, 0.6) is 5.75 Å². The Morgan fingerprint density at radius 2 is 2.21 bits per heavy atom. The van der Waals surface area contributed by atoms with Crippen molar-refractivity contribution in [3.05, 3.63) is 21.8 Å². The zero-order chi connectivity index (χ0) is 14.6. The van der Waals surface area contributed by atoms with Gasteiger partial charge in [0.15, 0.2) is 5.15 Å². The van der Waals surface area contributed by atoms with E-state index in [1.807, 2.05) is 20.8 Å². The van der Waals surface area contributed by atoms with Gasteiger partial charge in [-0.15, -0.1) is 0 Å². The average molecular weight is 288 g/mol. The molecule has 0 aromatic carbocycles. The average Bonchev–Trinajstić information content (AvgIpc) is 2.33. The molecular weight excluding hydrogens is 270 g/mol. The van der Waals surface area contributed by atoms with E-state index in [4.69, 9.17) is 16.3 Å². The Morgan fingerprint density at radius 3 is 2.74 bits per heavy atom. The monoisotopic (exact) mass is 287 g/mol. The predicted molar refractivity (Wildman–Crippen MR) is 72.6 cm³/mol. The van der Waals surface area contributed by atoms with Crippen LogP contribution < -0.4 is 15.6 Å². The van der Waals surface area contributed by atoms with Crippen LogP contribution in [0.15, 0.2) is 11.1 Å². The number of hydrogen-bond donors (Lipinski definition) is 1. The lowest BCUT2D eigenvalue weighted by atomic mass is 10.0. The standard InChI is InChI=1S/C12H18ClN3O3/c1-5-12(2,3)15-8(17)6-16-7-14-10(13)9(19-4)11(16)18/h7H,5-6H2,1-4H3,(H,15,17). The quantitative estimate of drug-likeness (QED) is 0.826. The van der Waals surface area contributed by atoms with Gasteiger partial charge >= 0.3 is 0 Å². The van der Waals surface area contributed by atoms with E-state index >= 15 is 0 Å². The molecule has 1 N–H and O–H groups in total. The van der Waals surface area contributed by atoms with E-state index < -0.39 is 5.56 Å². The number of aromatic nitrogens is 2. The van der Waals surface area contributed by atoms with Crippen LogP contribution in [0.2, 0.25) is 5.15 Å². The number of nitrogens with zero attached hydrogens (tertiary/aromatic N) is 2. The molecule has 1 amide bonds. The Bertz CT molecular complexity index is 525. The summed E-state index contributed by atoms with van der Waals surface area (Å²) in [4.78, 5) is 27.6. The Balaban J connectivity index is 2.90. The molecule has 0 unspecified atom stereocenters. The van der Waals surface area contributed by atoms with Gasteiger partial charge < -0.3 is 10.1 Å². The Kier molecular flexibility index (Phi) is 4.94. The fourth-order valence-corrected chi connectivity index (χ4v) is 1.60. The van der Waals surface area contributed by atoms with Crippen LogP contribution >= 0.6 is 11.6 Å². The lowest BCUT2D eigenvalue weighted by molar-refractivity contribution is -0.123. The van der Waals surface area contributed by atoms with Gasteiger partial charge in [-0.2, -0.15) is 0 Å². The van der Waals surface area contributed by atoms with E-state index in [1.165, 1.54) is 13.4 Å². The van der Waals surface area contributed by atoms with Crippen LogP contribution in [-0.2, 0) is 11.3 Å². The Labute approximate surface area is 116 Å². The SMILES string of the molecule is CCC(C)(C)NC(=O)Cn1cnc(Cl)c(OC)c1=O. The normalized spacial score (nSPS) is 11.2. The summed E-state index contributed by atoms with van der Waals surface area (Å²) >= 11 is 5.72. The molecule has 0 radical (unpaired) electrons. The molecule has 0 bridgehead atoms. The highest BCUT2D eigenvalue weighted by Gasteiger charge is 2.19. The second-order valence-corrected chi connectivity index (χ2v) is 5.15. The van der Waals surface area contributed by atoms with Crippen molar-refractivity contribution in [2.24, 2.45) is 0 Å². The summed E-state index contributed by atoms with van der Waals surface area (Å²) in [5.74, 6) is -0.327. The van der Waals surface area contributed by atoms with E-state index in [9.17, 15) is 9.59 Å². The van der Waals surface area contributed by atoms with Gasteiger partial charge in [0.1, 0.15) is 6.54 Å². The number of hydrogen-bond acceptors (Lipinski definition) is 4. The molecule has 0 aliphatic heterocycles. The fourth-order valence-electron chi connectivity index (χ4n) is 1.39. The molecule has 19 heavy (non-hydrogen) atoms. The van der Waals surface area contributed by atoms with E-state index in [0.29, 0.717) is 0 Å². The largest absolute Gasteiger partial charge is 0.489 e. The van der Waals surface area contributed by atoms with Gasteiger partial charge in [-0.3, -0.25) is 14.2 Å². The molecule has 0 saturated carbocycles. The van der Waals surface area contributed by atoms with E-state index in [1.54, 1.807) is 0 Å². The number of methoxy groups -OCH3 is 1. The maximum Gasteiger partial charge on any atom is 0.297 e. The maximum atomic E-state index is 11.9. The van der Waals surface area contributed by atoms with Crippen molar-refractivity contribution in [1.29, 1.82) is 0 Å². The van der Waals surface area contributed by atoms with Crippen molar-refractivity contribution < 1.29 is 9.53 Å². The third-order valence-corrected chi connectivity index (χ3v) is 3.10. The minimum Gasteiger partial charge on any atom is -0.489 e. The van der Waals surface area contributed by atoms with Crippen LogP contribution in [0.25, 0.3) is 0 Å². The van der Waals surface area contributed by atoms with Gasteiger partial charge in [-0.25, -0.2) is 4.98 Å². The summed E-state index contributed by atoms with van der Waals surface area (Å²) in [5, 5.41) is 2.82. The molecule has 0 aliphatic carbocycles. The molecule has 0 atom stereocenters. The summed E-state index contributed by atoms with van der Waals surface area (Å²) in [7, 11) is 1.33. The minimum atomic E-state index is -0.480. The summed E-state index contributed by atoms with van der Waals surface area (Å²) in [6.45, 7) is 5.67. The molecule has 1 rings (SSSR count). The predicted octanol–water partition coefficient (Wildman–Crippen LogP) is 1.21. The first-order chi connectivity index (χ1) is 8.80. The third kappa shape index (κ3) is 3.96. The molecule has 0 aliphatic rings. The zero-order valence-electron chi connectivity index (χ0n) is 11.5. The van der Waals surface area contributed by atoms with Gasteiger partial charge in [-0.05, 0) is 20.3 Å². The van der Waals surface area contributed by atoms with Crippen molar-refractivity contribution in [2.45, 2.75) is 39.3 Å². The highest BCUT2D eigenvalue weighted by molar-refractivity contribution is 6.30. The molecule has 0 spiro atoms. The van der Waals surface area contributed by atoms with Crippen molar-refractivity contribution in [1.82, 2.24) is 14.9 Å². The topological polar surface area (TPSA) is 73.2 Å². The second-order valence-electron chi connectivity index (χ2n) is 4.79. The van der Waals surface area contributed by atoms with Crippen molar-refractivity contribution in [3.8, 4) is 5.75 Å². The number of carbonyl (C=O) groups is 1. The van der Waals surface area contributed by atoms with Crippen molar-refractivity contribution >= 4 is 17.5 Å². The molecule has 106 valence electrons. The number of halogens is 1. The lowest BCUT2D eigenvalue weighted by Crippen LogP contribution is -2.45.